The summed E-state index contributed by atoms with van der Waals surface area (Å²) in [7, 11) is 0. The molecule has 0 radical (unpaired) electrons. The number of hydrogen-bond donors (Lipinski definition) is 9. The Balaban J connectivity index is 1.72. The highest BCUT2D eigenvalue weighted by atomic mass is 16.3. The second-order valence-electron chi connectivity index (χ2n) is 13.1. The highest BCUT2D eigenvalue weighted by Gasteiger charge is 2.30. The van der Waals surface area contributed by atoms with Crippen LogP contribution in [0.5, 0.6) is 5.75 Å². The number of nitrogens with zero attached hydrogens (tertiary/aromatic N) is 2. The lowest BCUT2D eigenvalue weighted by Gasteiger charge is -2.25. The zero-order chi connectivity index (χ0) is 38.3. The van der Waals surface area contributed by atoms with Crippen LogP contribution in [0, 0.1) is 5.92 Å². The largest absolute Gasteiger partial charge is 0.508 e. The van der Waals surface area contributed by atoms with Gasteiger partial charge < -0.3 is 49.3 Å². The number of carbonyl (C=O) groups excluding carboxylic acids is 4. The van der Waals surface area contributed by atoms with E-state index >= 15 is 0 Å². The minimum absolute atomic E-state index is 0.0707. The van der Waals surface area contributed by atoms with E-state index in [1.165, 1.54) is 0 Å². The zero-order valence-electron chi connectivity index (χ0n) is 29.9. The van der Waals surface area contributed by atoms with Crippen LogP contribution in [0.2, 0.25) is 0 Å². The number of aromatic hydroxyl groups is 1. The molecule has 4 rings (SSSR count). The van der Waals surface area contributed by atoms with Crippen molar-refractivity contribution in [2.45, 2.75) is 63.6 Å². The van der Waals surface area contributed by atoms with E-state index in [2.05, 4.69) is 31.3 Å². The highest BCUT2D eigenvalue weighted by molar-refractivity contribution is 5.95. The summed E-state index contributed by atoms with van der Waals surface area (Å²) in [4.78, 5) is 63.4. The summed E-state index contributed by atoms with van der Waals surface area (Å²) in [6, 6.07) is 17.3. The van der Waals surface area contributed by atoms with Gasteiger partial charge in [-0.15, -0.1) is 0 Å². The van der Waals surface area contributed by atoms with Crippen molar-refractivity contribution in [2.24, 2.45) is 38.8 Å². The Morgan fingerprint density at radius 2 is 1.36 bits per heavy atom. The van der Waals surface area contributed by atoms with Crippen LogP contribution < -0.4 is 44.2 Å². The Bertz CT molecular complexity index is 1830. The maximum absolute atomic E-state index is 14.1. The Labute approximate surface area is 308 Å². The van der Waals surface area contributed by atoms with Crippen LogP contribution in [0.25, 0.3) is 10.8 Å². The summed E-state index contributed by atoms with van der Waals surface area (Å²) in [5, 5.41) is 23.2. The SMILES string of the molecule is C/C1=C\[C@H](CCCN=C(N)N)C(=O)N[C@@H](CCCN=C(N)N)C(=O)N[C@@H](Cc2cccc3ccccc23)C(=O)NCC(=O)N[C@@H]1Cc1ccc(O)cc1. The molecule has 282 valence electrons. The van der Waals surface area contributed by atoms with Crippen LogP contribution in [0.3, 0.4) is 0 Å². The molecule has 0 fully saturated rings. The predicted molar refractivity (Wildman–Crippen MR) is 205 cm³/mol. The first kappa shape index (κ1) is 39.7. The predicted octanol–water partition coefficient (Wildman–Crippen LogP) is 0.585. The number of benzene rings is 3. The number of carbonyl (C=O) groups is 4. The van der Waals surface area contributed by atoms with Gasteiger partial charge in [-0.3, -0.25) is 29.2 Å². The number of guanidine groups is 2. The molecule has 4 atom stereocenters. The lowest BCUT2D eigenvalue weighted by molar-refractivity contribution is -0.133. The average Bonchev–Trinajstić information content (AvgIpc) is 3.12. The molecule has 0 aromatic heterocycles. The minimum Gasteiger partial charge on any atom is -0.508 e. The van der Waals surface area contributed by atoms with E-state index in [4.69, 9.17) is 22.9 Å². The Kier molecular flexibility index (Phi) is 14.6. The number of aliphatic imine (C=N–C) groups is 2. The molecular formula is C38H50N10O5. The summed E-state index contributed by atoms with van der Waals surface area (Å²) < 4.78 is 0. The third-order valence-corrected chi connectivity index (χ3v) is 8.97. The van der Waals surface area contributed by atoms with E-state index in [1.54, 1.807) is 37.3 Å². The van der Waals surface area contributed by atoms with Gasteiger partial charge in [0, 0.05) is 19.5 Å². The fraction of sp³-hybridized carbons (Fsp3) is 0.368. The van der Waals surface area contributed by atoms with E-state index in [0.717, 1.165) is 21.9 Å². The van der Waals surface area contributed by atoms with Crippen molar-refractivity contribution in [1.29, 1.82) is 0 Å². The van der Waals surface area contributed by atoms with Crippen molar-refractivity contribution in [3.05, 3.63) is 89.5 Å². The lowest BCUT2D eigenvalue weighted by atomic mass is 9.93. The summed E-state index contributed by atoms with van der Waals surface area (Å²) >= 11 is 0. The Morgan fingerprint density at radius 1 is 0.717 bits per heavy atom. The number of rotatable bonds is 12. The third-order valence-electron chi connectivity index (χ3n) is 8.97. The number of phenolic OH excluding ortho intramolecular Hbond substituents is 1. The fourth-order valence-corrected chi connectivity index (χ4v) is 6.20. The first-order chi connectivity index (χ1) is 25.4. The van der Waals surface area contributed by atoms with Gasteiger partial charge in [0.2, 0.25) is 23.6 Å². The standard InChI is InChI=1S/C38H50N10O5/c1-23-19-27(10-5-17-43-37(39)40)34(51)47-30(12-6-18-44-38(41)42)36(53)48-32(21-26-9-4-8-25-7-2-3-11-29(25)26)35(52)45-22-33(50)46-31(23)20-24-13-15-28(49)16-14-24/h2-4,7-9,11,13-16,19,27,30-32,49H,5-6,10,12,17-18,20-22H2,1H3,(H,45,52)(H,46,50)(H,47,51)(H,48,53)(H4,39,40,43)(H4,41,42,44)/b23-19+/t27-,30-,31+,32-/m0/s1. The maximum atomic E-state index is 14.1. The molecule has 1 aliphatic rings. The van der Waals surface area contributed by atoms with Crippen LogP contribution in [0.4, 0.5) is 0 Å². The number of nitrogens with two attached hydrogens (primary N) is 4. The van der Waals surface area contributed by atoms with Crippen molar-refractivity contribution < 1.29 is 24.3 Å². The van der Waals surface area contributed by atoms with Gasteiger partial charge in [-0.05, 0) is 73.1 Å². The van der Waals surface area contributed by atoms with Crippen LogP contribution >= 0.6 is 0 Å². The van der Waals surface area contributed by atoms with Crippen molar-refractivity contribution in [3.63, 3.8) is 0 Å². The molecule has 0 spiro atoms. The summed E-state index contributed by atoms with van der Waals surface area (Å²) in [6.07, 6.45) is 3.52. The van der Waals surface area contributed by atoms with Crippen LogP contribution in [-0.4, -0.2) is 78.4 Å². The number of hydrogen-bond acceptors (Lipinski definition) is 7. The zero-order valence-corrected chi connectivity index (χ0v) is 29.9. The van der Waals surface area contributed by atoms with E-state index in [9.17, 15) is 24.3 Å². The first-order valence-corrected chi connectivity index (χ1v) is 17.6. The lowest BCUT2D eigenvalue weighted by Crippen LogP contribution is -2.55. The van der Waals surface area contributed by atoms with E-state index < -0.39 is 47.7 Å². The van der Waals surface area contributed by atoms with Crippen LogP contribution in [-0.2, 0) is 32.0 Å². The van der Waals surface area contributed by atoms with Gasteiger partial charge in [0.05, 0.1) is 18.5 Å². The molecule has 0 unspecified atom stereocenters. The van der Waals surface area contributed by atoms with Crippen molar-refractivity contribution in [1.82, 2.24) is 21.3 Å². The Hall–Kier alpha value is -6.12. The molecule has 0 saturated heterocycles. The first-order valence-electron chi connectivity index (χ1n) is 17.6. The number of nitrogens with one attached hydrogen (secondary N) is 4. The van der Waals surface area contributed by atoms with E-state index in [-0.39, 0.29) is 50.1 Å². The molecule has 15 heteroatoms. The van der Waals surface area contributed by atoms with Crippen molar-refractivity contribution in [3.8, 4) is 5.75 Å². The molecule has 15 nitrogen and oxygen atoms in total. The number of amides is 4. The smallest absolute Gasteiger partial charge is 0.243 e. The third kappa shape index (κ3) is 12.6. The molecule has 1 aliphatic heterocycles. The normalized spacial score (nSPS) is 21.0. The second kappa shape index (κ2) is 19.5. The summed E-state index contributed by atoms with van der Waals surface area (Å²) in [6.45, 7) is 1.94. The summed E-state index contributed by atoms with van der Waals surface area (Å²) in [5.41, 5.74) is 24.4. The second-order valence-corrected chi connectivity index (χ2v) is 13.1. The molecule has 4 amide bonds. The van der Waals surface area contributed by atoms with Crippen LogP contribution in [0.1, 0.15) is 43.7 Å². The van der Waals surface area contributed by atoms with Gasteiger partial charge in [-0.1, -0.05) is 66.2 Å². The van der Waals surface area contributed by atoms with Crippen molar-refractivity contribution >= 4 is 46.3 Å². The Morgan fingerprint density at radius 3 is 2.06 bits per heavy atom. The van der Waals surface area contributed by atoms with Gasteiger partial charge in [0.1, 0.15) is 17.8 Å². The molecule has 1 heterocycles. The van der Waals surface area contributed by atoms with Gasteiger partial charge in [0.25, 0.3) is 0 Å². The molecule has 53 heavy (non-hydrogen) atoms. The maximum Gasteiger partial charge on any atom is 0.243 e. The molecule has 0 aliphatic carbocycles. The number of fused-ring (bicyclic) bond motifs is 1. The molecular weight excluding hydrogens is 676 g/mol. The number of phenols is 1. The van der Waals surface area contributed by atoms with Gasteiger partial charge in [-0.25, -0.2) is 0 Å². The molecule has 3 aromatic carbocycles. The molecule has 3 aromatic rings. The quantitative estimate of drug-likeness (QED) is 0.0546. The molecule has 0 bridgehead atoms. The topological polar surface area (TPSA) is 265 Å². The summed E-state index contributed by atoms with van der Waals surface area (Å²) in [5.74, 6) is -2.86. The molecule has 0 saturated carbocycles. The van der Waals surface area contributed by atoms with Crippen molar-refractivity contribution in [2.75, 3.05) is 19.6 Å². The molecule has 13 N–H and O–H groups in total. The van der Waals surface area contributed by atoms with E-state index in [0.29, 0.717) is 31.3 Å². The monoisotopic (exact) mass is 726 g/mol. The van der Waals surface area contributed by atoms with Gasteiger partial charge >= 0.3 is 0 Å². The van der Waals surface area contributed by atoms with E-state index in [1.807, 2.05) is 42.5 Å². The van der Waals surface area contributed by atoms with Crippen LogP contribution in [0.15, 0.2) is 88.4 Å². The fourth-order valence-electron chi connectivity index (χ4n) is 6.20. The average molecular weight is 727 g/mol. The van der Waals surface area contributed by atoms with Gasteiger partial charge in [-0.2, -0.15) is 0 Å². The highest BCUT2D eigenvalue weighted by Crippen LogP contribution is 2.21. The minimum atomic E-state index is -1.09. The van der Waals surface area contributed by atoms with Gasteiger partial charge in [0.15, 0.2) is 11.9 Å².